The molecule has 0 aromatic heterocycles. The largest absolute Gasteiger partial charge is 0.389 e. The number of ether oxygens (including phenoxy) is 1. The van der Waals surface area contributed by atoms with E-state index >= 15 is 0 Å². The third-order valence-corrected chi connectivity index (χ3v) is 6.67. The minimum Gasteiger partial charge on any atom is -0.389 e. The van der Waals surface area contributed by atoms with Crippen LogP contribution in [0.1, 0.15) is 34.1 Å². The topological polar surface area (TPSA) is 30.9 Å². The van der Waals surface area contributed by atoms with Crippen molar-refractivity contribution in [1.82, 2.24) is 4.90 Å². The predicted molar refractivity (Wildman–Crippen MR) is 80.7 cm³/mol. The molecule has 2 atom stereocenters. The van der Waals surface area contributed by atoms with Gasteiger partial charge in [0.15, 0.2) is 0 Å². The van der Waals surface area contributed by atoms with E-state index in [-0.39, 0.29) is 12.2 Å². The van der Waals surface area contributed by atoms with Crippen LogP contribution in [0.5, 0.6) is 0 Å². The smallest absolute Gasteiger partial charge is 0.335 e. The molecule has 4 nitrogen and oxygen atoms in total. The predicted octanol–water partition coefficient (Wildman–Crippen LogP) is 2.63. The van der Waals surface area contributed by atoms with Crippen LogP contribution in [0.4, 0.5) is 0 Å². The zero-order chi connectivity index (χ0) is 14.3. The highest BCUT2D eigenvalue weighted by atomic mass is 28.4. The molecule has 1 aliphatic heterocycles. The van der Waals surface area contributed by atoms with E-state index in [0.29, 0.717) is 13.2 Å². The second kappa shape index (κ2) is 8.37. The highest BCUT2D eigenvalue weighted by Crippen LogP contribution is 2.22. The van der Waals surface area contributed by atoms with Crippen LogP contribution in [0, 0.1) is 0 Å². The first-order chi connectivity index (χ1) is 8.99. The lowest BCUT2D eigenvalue weighted by Gasteiger charge is -2.35. The Balaban J connectivity index is 2.45. The van der Waals surface area contributed by atoms with Crippen LogP contribution in [-0.2, 0) is 13.6 Å². The zero-order valence-electron chi connectivity index (χ0n) is 13.3. The van der Waals surface area contributed by atoms with Gasteiger partial charge in [-0.3, -0.25) is 0 Å². The summed E-state index contributed by atoms with van der Waals surface area (Å²) in [5.41, 5.74) is 0. The van der Waals surface area contributed by atoms with E-state index in [0.717, 1.165) is 32.1 Å². The van der Waals surface area contributed by atoms with Crippen LogP contribution in [0.2, 0.25) is 12.6 Å². The van der Waals surface area contributed by atoms with Gasteiger partial charge < -0.3 is 18.5 Å². The molecule has 0 aromatic carbocycles. The summed E-state index contributed by atoms with van der Waals surface area (Å²) in [4.78, 5) is 2.46. The Bertz CT molecular complexity index is 237. The Hall–Kier alpha value is 0.0569. The lowest BCUT2D eigenvalue weighted by molar-refractivity contribution is -0.0371. The van der Waals surface area contributed by atoms with E-state index in [9.17, 15) is 0 Å². The molecule has 0 aromatic rings. The van der Waals surface area contributed by atoms with Gasteiger partial charge in [-0.25, -0.2) is 0 Å². The van der Waals surface area contributed by atoms with Gasteiger partial charge in [-0.05, 0) is 52.5 Å². The lowest BCUT2D eigenvalue weighted by atomic mass is 10.4. The molecule has 114 valence electrons. The summed E-state index contributed by atoms with van der Waals surface area (Å²) in [5, 5.41) is 0. The van der Waals surface area contributed by atoms with Crippen LogP contribution >= 0.6 is 0 Å². The first-order valence-corrected chi connectivity index (χ1v) is 10.2. The summed E-state index contributed by atoms with van der Waals surface area (Å²) >= 11 is 0. The van der Waals surface area contributed by atoms with E-state index in [2.05, 4.69) is 39.1 Å². The molecule has 1 fully saturated rings. The summed E-state index contributed by atoms with van der Waals surface area (Å²) in [6.45, 7) is 15.5. The van der Waals surface area contributed by atoms with Crippen LogP contribution in [0.3, 0.4) is 0 Å². The Morgan fingerprint density at radius 2 is 1.58 bits per heavy atom. The molecule has 1 saturated heterocycles. The van der Waals surface area contributed by atoms with Crippen molar-refractivity contribution >= 4 is 8.56 Å². The van der Waals surface area contributed by atoms with Crippen molar-refractivity contribution in [2.75, 3.05) is 32.8 Å². The molecule has 0 spiro atoms. The lowest BCUT2D eigenvalue weighted by Crippen LogP contribution is -2.48. The first-order valence-electron chi connectivity index (χ1n) is 7.64. The molecular formula is C14H31NO3Si. The van der Waals surface area contributed by atoms with Crippen molar-refractivity contribution in [3.8, 4) is 0 Å². The maximum absolute atomic E-state index is 6.17. The third kappa shape index (κ3) is 6.36. The van der Waals surface area contributed by atoms with E-state index in [1.54, 1.807) is 0 Å². The minimum absolute atomic E-state index is 0.151. The fourth-order valence-corrected chi connectivity index (χ4v) is 5.56. The quantitative estimate of drug-likeness (QED) is 0.703. The second-order valence-electron chi connectivity index (χ2n) is 5.66. The van der Waals surface area contributed by atoms with Crippen molar-refractivity contribution in [1.29, 1.82) is 0 Å². The van der Waals surface area contributed by atoms with Gasteiger partial charge in [0.25, 0.3) is 0 Å². The molecule has 0 N–H and O–H groups in total. The molecule has 0 aliphatic carbocycles. The molecular weight excluding hydrogens is 258 g/mol. The van der Waals surface area contributed by atoms with Crippen LogP contribution in [0.25, 0.3) is 0 Å². The number of rotatable bonds is 6. The summed E-state index contributed by atoms with van der Waals surface area (Å²) in [6.07, 6.45) is 1.46. The van der Waals surface area contributed by atoms with Crippen molar-refractivity contribution in [3.63, 3.8) is 0 Å². The van der Waals surface area contributed by atoms with Gasteiger partial charge >= 0.3 is 8.56 Å². The zero-order valence-corrected chi connectivity index (χ0v) is 14.3. The summed E-state index contributed by atoms with van der Waals surface area (Å²) < 4.78 is 17.9. The highest BCUT2D eigenvalue weighted by Gasteiger charge is 2.36. The standard InChI is InChI=1S/C14H31NO3Si/c1-6-15(7-2)9-8-10-19(5)17-13(3)11-16-12-14(4)18-19/h13-14H,6-12H2,1-5H3. The Labute approximate surface area is 119 Å². The summed E-state index contributed by atoms with van der Waals surface area (Å²) in [6, 6.07) is 1.07. The molecule has 19 heavy (non-hydrogen) atoms. The Morgan fingerprint density at radius 1 is 1.05 bits per heavy atom. The van der Waals surface area contributed by atoms with Crippen molar-refractivity contribution in [3.05, 3.63) is 0 Å². The molecule has 5 heteroatoms. The van der Waals surface area contributed by atoms with Gasteiger partial charge in [-0.15, -0.1) is 0 Å². The van der Waals surface area contributed by atoms with E-state index < -0.39 is 8.56 Å². The van der Waals surface area contributed by atoms with Crippen LogP contribution in [0.15, 0.2) is 0 Å². The molecule has 1 rings (SSSR count). The number of hydrogen-bond acceptors (Lipinski definition) is 4. The Kier molecular flexibility index (Phi) is 7.53. The molecule has 1 aliphatic rings. The van der Waals surface area contributed by atoms with E-state index in [1.807, 2.05) is 0 Å². The first kappa shape index (κ1) is 17.1. The monoisotopic (exact) mass is 289 g/mol. The van der Waals surface area contributed by atoms with Crippen molar-refractivity contribution < 1.29 is 13.6 Å². The molecule has 2 unspecified atom stereocenters. The van der Waals surface area contributed by atoms with Gasteiger partial charge in [-0.1, -0.05) is 13.8 Å². The number of hydrogen-bond donors (Lipinski definition) is 0. The second-order valence-corrected chi connectivity index (χ2v) is 8.90. The van der Waals surface area contributed by atoms with Crippen molar-refractivity contribution in [2.24, 2.45) is 0 Å². The van der Waals surface area contributed by atoms with Gasteiger partial charge in [0.05, 0.1) is 25.4 Å². The molecule has 0 saturated carbocycles. The highest BCUT2D eigenvalue weighted by molar-refractivity contribution is 6.66. The van der Waals surface area contributed by atoms with E-state index in [4.69, 9.17) is 13.6 Å². The van der Waals surface area contributed by atoms with Gasteiger partial charge in [0.1, 0.15) is 0 Å². The fourth-order valence-electron chi connectivity index (χ4n) is 2.63. The normalized spacial score (nSPS) is 33.2. The maximum Gasteiger partial charge on any atom is 0.335 e. The van der Waals surface area contributed by atoms with Crippen molar-refractivity contribution in [2.45, 2.75) is 58.9 Å². The molecule has 0 bridgehead atoms. The minimum atomic E-state index is -2.04. The summed E-state index contributed by atoms with van der Waals surface area (Å²) in [7, 11) is -2.04. The SMILES string of the molecule is CCN(CC)CCC[Si]1(C)OC(C)COCC(C)O1. The fraction of sp³-hybridized carbons (Fsp3) is 1.00. The van der Waals surface area contributed by atoms with Gasteiger partial charge in [0, 0.05) is 0 Å². The third-order valence-electron chi connectivity index (χ3n) is 3.61. The average molecular weight is 289 g/mol. The van der Waals surface area contributed by atoms with Gasteiger partial charge in [0.2, 0.25) is 0 Å². The van der Waals surface area contributed by atoms with Crippen LogP contribution < -0.4 is 0 Å². The maximum atomic E-state index is 6.17. The summed E-state index contributed by atoms with van der Waals surface area (Å²) in [5.74, 6) is 0. The van der Waals surface area contributed by atoms with Gasteiger partial charge in [-0.2, -0.15) is 0 Å². The molecule has 1 heterocycles. The molecule has 0 amide bonds. The average Bonchev–Trinajstić information content (AvgIpc) is 2.32. The van der Waals surface area contributed by atoms with E-state index in [1.165, 1.54) is 0 Å². The van der Waals surface area contributed by atoms with Crippen LogP contribution in [-0.4, -0.2) is 58.5 Å². The number of nitrogens with zero attached hydrogens (tertiary/aromatic N) is 1. The Morgan fingerprint density at radius 3 is 2.05 bits per heavy atom. The molecule has 0 radical (unpaired) electrons.